The van der Waals surface area contributed by atoms with Gasteiger partial charge in [0.15, 0.2) is 11.6 Å². The van der Waals surface area contributed by atoms with Gasteiger partial charge in [-0.1, -0.05) is 0 Å². The average Bonchev–Trinajstić information content (AvgIpc) is 3.42. The number of aliphatic hydroxyl groups is 4. The number of hydrogen-bond donors (Lipinski definition) is 7. The number of ether oxygens (including phenoxy) is 3. The lowest BCUT2D eigenvalue weighted by Crippen LogP contribution is -2.43. The summed E-state index contributed by atoms with van der Waals surface area (Å²) < 4.78 is 83.6. The molecular weight excluding hydrogens is 978 g/mol. The Labute approximate surface area is 434 Å². The third-order valence-corrected chi connectivity index (χ3v) is 15.2. The maximum Gasteiger partial charge on any atom is 0.182 e. The summed E-state index contributed by atoms with van der Waals surface area (Å²) in [5.41, 5.74) is 15.7. The fourth-order valence-corrected chi connectivity index (χ4v) is 10.4. The van der Waals surface area contributed by atoms with Crippen LogP contribution >= 0.6 is 0 Å². The smallest absolute Gasteiger partial charge is 0.182 e. The molecule has 0 radical (unpaired) electrons. The number of benzene rings is 4. The van der Waals surface area contributed by atoms with Crippen molar-refractivity contribution in [1.82, 2.24) is 19.8 Å². The molecular formula is C56H70F5N7O7. The number of halogens is 5. The Morgan fingerprint density at radius 1 is 0.627 bits per heavy atom. The van der Waals surface area contributed by atoms with Gasteiger partial charge < -0.3 is 56.3 Å². The number of piperidine rings is 2. The SMILES string of the molecule is COc1ccc2ncc(CN)c(C(O)CCC3(CO)CCN(CCNc4cc(F)cc(F)c4F)CC3)c2c1.COc1ccc2ncc(CN)c(C(O)CCC3(CO)CCN(CCOc4cc(F)cc(F)c4)CC3)c2c1. The van der Waals surface area contributed by atoms with Gasteiger partial charge in [0.2, 0.25) is 0 Å². The van der Waals surface area contributed by atoms with E-state index in [-0.39, 0.29) is 48.6 Å². The summed E-state index contributed by atoms with van der Waals surface area (Å²) in [6.45, 7) is 5.32. The van der Waals surface area contributed by atoms with Crippen molar-refractivity contribution in [3.05, 3.63) is 130 Å². The summed E-state index contributed by atoms with van der Waals surface area (Å²) >= 11 is 0. The van der Waals surface area contributed by atoms with Gasteiger partial charge in [-0.3, -0.25) is 14.9 Å². The molecule has 2 aliphatic rings. The molecule has 0 bridgehead atoms. The van der Waals surface area contributed by atoms with Crippen molar-refractivity contribution in [3.63, 3.8) is 0 Å². The minimum atomic E-state index is -1.22. The second-order valence-corrected chi connectivity index (χ2v) is 19.8. The fraction of sp³-hybridized carbons (Fsp3) is 0.464. The Hall–Kier alpha value is -5.77. The van der Waals surface area contributed by atoms with Gasteiger partial charge in [0.05, 0.1) is 43.1 Å². The molecule has 19 heteroatoms. The van der Waals surface area contributed by atoms with Crippen LogP contribution in [0, 0.1) is 39.9 Å². The quantitative estimate of drug-likeness (QED) is 0.0254. The maximum absolute atomic E-state index is 13.9. The zero-order valence-electron chi connectivity index (χ0n) is 42.6. The number of aliphatic hydroxyl groups excluding tert-OH is 4. The highest BCUT2D eigenvalue weighted by atomic mass is 19.2. The van der Waals surface area contributed by atoms with Crippen molar-refractivity contribution in [1.29, 1.82) is 0 Å². The monoisotopic (exact) mass is 1050 g/mol. The molecule has 0 saturated carbocycles. The molecule has 0 aliphatic carbocycles. The maximum atomic E-state index is 13.9. The predicted molar refractivity (Wildman–Crippen MR) is 278 cm³/mol. The first-order valence-corrected chi connectivity index (χ1v) is 25.5. The minimum Gasteiger partial charge on any atom is -0.497 e. The highest BCUT2D eigenvalue weighted by molar-refractivity contribution is 5.86. The van der Waals surface area contributed by atoms with E-state index in [1.165, 1.54) is 12.1 Å². The van der Waals surface area contributed by atoms with Crippen LogP contribution in [-0.2, 0) is 13.1 Å². The highest BCUT2D eigenvalue weighted by Gasteiger charge is 2.36. The molecule has 14 nitrogen and oxygen atoms in total. The van der Waals surface area contributed by atoms with Crippen molar-refractivity contribution in [2.24, 2.45) is 22.3 Å². The van der Waals surface area contributed by atoms with Gasteiger partial charge in [0, 0.05) is 99.4 Å². The molecule has 2 aromatic heterocycles. The summed E-state index contributed by atoms with van der Waals surface area (Å²) in [6, 6.07) is 15.7. The van der Waals surface area contributed by atoms with E-state index in [1.54, 1.807) is 26.6 Å². The van der Waals surface area contributed by atoms with Gasteiger partial charge in [-0.15, -0.1) is 0 Å². The number of nitrogens with two attached hydrogens (primary N) is 2. The Morgan fingerprint density at radius 3 is 1.55 bits per heavy atom. The second kappa shape index (κ2) is 26.3. The van der Waals surface area contributed by atoms with Crippen molar-refractivity contribution in [2.45, 2.75) is 76.7 Å². The van der Waals surface area contributed by atoms with Crippen LogP contribution in [-0.4, -0.2) is 120 Å². The first kappa shape index (κ1) is 56.9. The number of fused-ring (bicyclic) bond motifs is 2. The van der Waals surface area contributed by atoms with Gasteiger partial charge in [-0.25, -0.2) is 22.0 Å². The van der Waals surface area contributed by atoms with Gasteiger partial charge in [-0.2, -0.15) is 0 Å². The Bertz CT molecular complexity index is 2800. The molecule has 0 spiro atoms. The van der Waals surface area contributed by atoms with E-state index in [9.17, 15) is 42.4 Å². The molecule has 2 atom stereocenters. The number of anilines is 1. The Kier molecular flexibility index (Phi) is 20.0. The lowest BCUT2D eigenvalue weighted by Gasteiger charge is -2.41. The van der Waals surface area contributed by atoms with Crippen LogP contribution in [0.1, 0.15) is 85.8 Å². The zero-order valence-corrected chi connectivity index (χ0v) is 42.6. The molecule has 4 aromatic carbocycles. The van der Waals surface area contributed by atoms with E-state index in [2.05, 4.69) is 25.1 Å². The summed E-state index contributed by atoms with van der Waals surface area (Å²) in [5, 5.41) is 47.5. The van der Waals surface area contributed by atoms with Crippen LogP contribution in [0.25, 0.3) is 21.8 Å². The van der Waals surface area contributed by atoms with E-state index in [1.807, 2.05) is 36.4 Å². The van der Waals surface area contributed by atoms with Gasteiger partial charge in [0.1, 0.15) is 41.3 Å². The van der Waals surface area contributed by atoms with Crippen molar-refractivity contribution in [3.8, 4) is 17.2 Å². The van der Waals surface area contributed by atoms with Gasteiger partial charge in [-0.05, 0) is 147 Å². The Morgan fingerprint density at radius 2 is 1.09 bits per heavy atom. The molecule has 4 heterocycles. The summed E-state index contributed by atoms with van der Waals surface area (Å²) in [6.07, 6.45) is 7.13. The average molecular weight is 1050 g/mol. The molecule has 0 amide bonds. The minimum absolute atomic E-state index is 0.00819. The number of pyridine rings is 2. The number of aromatic nitrogens is 2. The summed E-state index contributed by atoms with van der Waals surface area (Å²) in [5.74, 6) is -2.97. The predicted octanol–water partition coefficient (Wildman–Crippen LogP) is 8.07. The summed E-state index contributed by atoms with van der Waals surface area (Å²) in [4.78, 5) is 13.3. The lowest BCUT2D eigenvalue weighted by molar-refractivity contribution is 0.0204. The standard InChI is InChI=1S/C28H35F3N4O3.C28H35F2N3O4/c1-38-20-2-3-23-21(14-20)26(18(15-32)16-34-23)25(37)4-5-28(17-36)6-9-35(10-7-28)11-8-33-24-13-19(29)12-22(30)27(24)31;1-36-22-2-3-25-24(15-22)27(19(16-31)17-32-25)26(35)4-5-28(18-34)6-8-33(9-7-28)10-11-37-23-13-20(29)12-21(30)14-23/h2-3,12-14,16,25,33,36-37H,4-11,15,17,32H2,1H3;2-3,12-15,17,26,34-35H,4-11,16,18,31H2,1H3. The molecule has 8 rings (SSSR count). The zero-order chi connectivity index (χ0) is 53.7. The normalized spacial score (nSPS) is 16.5. The van der Waals surface area contributed by atoms with Gasteiger partial charge >= 0.3 is 0 Å². The fourth-order valence-electron chi connectivity index (χ4n) is 10.4. The number of nitrogens with zero attached hydrogens (tertiary/aromatic N) is 4. The van der Waals surface area contributed by atoms with E-state index >= 15 is 0 Å². The Balaban J connectivity index is 0.000000219. The first-order chi connectivity index (χ1) is 36.1. The van der Waals surface area contributed by atoms with Crippen LogP contribution < -0.4 is 31.0 Å². The third kappa shape index (κ3) is 14.4. The summed E-state index contributed by atoms with van der Waals surface area (Å²) in [7, 11) is 3.19. The third-order valence-electron chi connectivity index (χ3n) is 15.2. The van der Waals surface area contributed by atoms with Crippen LogP contribution in [0.15, 0.2) is 79.1 Å². The topological polar surface area (TPSA) is 205 Å². The van der Waals surface area contributed by atoms with Crippen LogP contribution in [0.4, 0.5) is 27.6 Å². The van der Waals surface area contributed by atoms with Crippen LogP contribution in [0.2, 0.25) is 0 Å². The molecule has 2 fully saturated rings. The molecule has 2 unspecified atom stereocenters. The molecule has 406 valence electrons. The molecule has 6 aromatic rings. The number of methoxy groups -OCH3 is 2. The number of likely N-dealkylation sites (tertiary alicyclic amines) is 2. The molecule has 2 aliphatic heterocycles. The van der Waals surface area contributed by atoms with Crippen molar-refractivity contribution < 1.29 is 56.6 Å². The van der Waals surface area contributed by atoms with Crippen molar-refractivity contribution >= 4 is 27.5 Å². The molecule has 9 N–H and O–H groups in total. The highest BCUT2D eigenvalue weighted by Crippen LogP contribution is 2.42. The van der Waals surface area contributed by atoms with Gasteiger partial charge in [0.25, 0.3) is 0 Å². The van der Waals surface area contributed by atoms with Crippen LogP contribution in [0.3, 0.4) is 0 Å². The second-order valence-electron chi connectivity index (χ2n) is 19.8. The molecule has 75 heavy (non-hydrogen) atoms. The van der Waals surface area contributed by atoms with Crippen LogP contribution in [0.5, 0.6) is 17.2 Å². The largest absolute Gasteiger partial charge is 0.497 e. The van der Waals surface area contributed by atoms with E-state index in [0.717, 1.165) is 95.0 Å². The number of hydrogen-bond acceptors (Lipinski definition) is 14. The van der Waals surface area contributed by atoms with E-state index in [0.29, 0.717) is 82.6 Å². The molecule has 2 saturated heterocycles. The van der Waals surface area contributed by atoms with E-state index in [4.69, 9.17) is 25.7 Å². The van der Waals surface area contributed by atoms with E-state index < -0.39 is 41.3 Å². The first-order valence-electron chi connectivity index (χ1n) is 25.5. The number of nitrogens with one attached hydrogen (secondary N) is 1. The van der Waals surface area contributed by atoms with Crippen molar-refractivity contribution in [2.75, 3.05) is 85.2 Å². The number of rotatable bonds is 22. The lowest BCUT2D eigenvalue weighted by atomic mass is 9.74.